The first-order valence-corrected chi connectivity index (χ1v) is 10.9. The lowest BCUT2D eigenvalue weighted by atomic mass is 9.92. The molecule has 1 aromatic heterocycles. The molecule has 1 aliphatic rings. The first-order chi connectivity index (χ1) is 12.9. The zero-order valence-electron chi connectivity index (χ0n) is 15.2. The molecule has 0 saturated heterocycles. The molecule has 8 heteroatoms. The van der Waals surface area contributed by atoms with Crippen molar-refractivity contribution in [3.05, 3.63) is 35.1 Å². The molecule has 1 fully saturated rings. The van der Waals surface area contributed by atoms with Gasteiger partial charge in [0.15, 0.2) is 5.83 Å². The summed E-state index contributed by atoms with van der Waals surface area (Å²) in [5.41, 5.74) is 1.00. The summed E-state index contributed by atoms with van der Waals surface area (Å²) in [7, 11) is 0. The van der Waals surface area contributed by atoms with E-state index < -0.39 is 24.4 Å². The Balaban J connectivity index is 1.75. The second-order valence-corrected chi connectivity index (χ2v) is 8.89. The van der Waals surface area contributed by atoms with Crippen molar-refractivity contribution in [2.24, 2.45) is 11.8 Å². The molecule has 2 rings (SSSR count). The molecule has 1 aliphatic carbocycles. The highest BCUT2D eigenvalue weighted by atomic mass is 32.2. The van der Waals surface area contributed by atoms with Crippen LogP contribution in [0, 0.1) is 18.8 Å². The van der Waals surface area contributed by atoms with E-state index in [0.29, 0.717) is 6.42 Å². The summed E-state index contributed by atoms with van der Waals surface area (Å²) in [6.07, 6.45) is 2.43. The van der Waals surface area contributed by atoms with Crippen LogP contribution in [-0.2, 0) is 4.79 Å². The summed E-state index contributed by atoms with van der Waals surface area (Å²) in [4.78, 5) is 16.5. The zero-order chi connectivity index (χ0) is 19.8. The van der Waals surface area contributed by atoms with E-state index in [-0.39, 0.29) is 30.5 Å². The number of thioether (sulfide) groups is 1. The minimum atomic E-state index is -2.32. The highest BCUT2D eigenvalue weighted by Gasteiger charge is 2.32. The number of nitrogens with zero attached hydrogens (tertiary/aromatic N) is 1. The Kier molecular flexibility index (Phi) is 9.05. The van der Waals surface area contributed by atoms with Gasteiger partial charge in [0.05, 0.1) is 6.10 Å². The van der Waals surface area contributed by atoms with Gasteiger partial charge >= 0.3 is 6.08 Å². The van der Waals surface area contributed by atoms with Crippen LogP contribution >= 0.6 is 23.1 Å². The number of carbonyl (C=O) groups excluding carboxylic acids is 1. The van der Waals surface area contributed by atoms with Crippen molar-refractivity contribution < 1.29 is 23.1 Å². The number of aromatic nitrogens is 1. The molecule has 2 unspecified atom stereocenters. The van der Waals surface area contributed by atoms with Crippen LogP contribution in [0.4, 0.5) is 13.2 Å². The molecule has 0 spiro atoms. The van der Waals surface area contributed by atoms with Crippen LogP contribution in [0.15, 0.2) is 33.8 Å². The molecule has 0 amide bonds. The second-order valence-electron chi connectivity index (χ2n) is 6.69. The number of halogens is 3. The highest BCUT2D eigenvalue weighted by Crippen LogP contribution is 2.34. The van der Waals surface area contributed by atoms with E-state index in [1.54, 1.807) is 29.2 Å². The quantitative estimate of drug-likeness (QED) is 0.391. The number of aliphatic hydroxyl groups excluding tert-OH is 1. The summed E-state index contributed by atoms with van der Waals surface area (Å²) in [6, 6.07) is 0. The van der Waals surface area contributed by atoms with Gasteiger partial charge in [-0.2, -0.15) is 8.78 Å². The lowest BCUT2D eigenvalue weighted by molar-refractivity contribution is -0.121. The van der Waals surface area contributed by atoms with Gasteiger partial charge in [-0.15, -0.1) is 11.3 Å². The van der Waals surface area contributed by atoms with Crippen LogP contribution < -0.4 is 0 Å². The van der Waals surface area contributed by atoms with E-state index in [1.165, 1.54) is 0 Å². The summed E-state index contributed by atoms with van der Waals surface area (Å²) in [5, 5.41) is 11.8. The SMILES string of the molecule is Cc1csc(SCC[C@H]2C(=O)CCC2/C=C/CC(O)CCC(F)=C(F)F)n1. The second kappa shape index (κ2) is 11.0. The van der Waals surface area contributed by atoms with Crippen molar-refractivity contribution in [3.8, 4) is 0 Å². The number of rotatable bonds is 10. The predicted molar refractivity (Wildman–Crippen MR) is 103 cm³/mol. The largest absolute Gasteiger partial charge is 0.393 e. The molecule has 1 saturated carbocycles. The van der Waals surface area contributed by atoms with Crippen LogP contribution in [0.1, 0.15) is 44.2 Å². The number of allylic oxidation sites excluding steroid dienone is 2. The first-order valence-electron chi connectivity index (χ1n) is 8.98. The van der Waals surface area contributed by atoms with E-state index >= 15 is 0 Å². The number of hydrogen-bond donors (Lipinski definition) is 1. The third-order valence-corrected chi connectivity index (χ3v) is 6.77. The van der Waals surface area contributed by atoms with Gasteiger partial charge in [-0.25, -0.2) is 9.37 Å². The fourth-order valence-electron chi connectivity index (χ4n) is 3.13. The molecule has 1 N–H and O–H groups in total. The Labute approximate surface area is 165 Å². The summed E-state index contributed by atoms with van der Waals surface area (Å²) >= 11 is 3.27. The van der Waals surface area contributed by atoms with Crippen LogP contribution in [0.2, 0.25) is 0 Å². The van der Waals surface area contributed by atoms with Gasteiger partial charge in [-0.05, 0) is 38.5 Å². The molecular weight excluding hydrogens is 395 g/mol. The zero-order valence-corrected chi connectivity index (χ0v) is 16.8. The van der Waals surface area contributed by atoms with Gasteiger partial charge in [-0.1, -0.05) is 23.9 Å². The van der Waals surface area contributed by atoms with Crippen molar-refractivity contribution in [1.29, 1.82) is 0 Å². The van der Waals surface area contributed by atoms with Crippen LogP contribution in [0.5, 0.6) is 0 Å². The van der Waals surface area contributed by atoms with Crippen molar-refractivity contribution in [2.45, 2.75) is 55.9 Å². The standard InChI is InChI=1S/C19H24F3NO2S2/c1-12-11-27-19(23-12)26-10-9-15-13(5-8-17(15)25)3-2-4-14(24)6-7-16(20)18(21)22/h2-3,11,13-15,24H,4-10H2,1H3/b3-2+/t13?,14?,15-/m1/s1. The number of carbonyl (C=O) groups is 1. The number of ketones is 1. The fraction of sp³-hybridized carbons (Fsp3) is 0.579. The maximum absolute atomic E-state index is 12.7. The summed E-state index contributed by atoms with van der Waals surface area (Å²) in [5.74, 6) is -0.244. The predicted octanol–water partition coefficient (Wildman–Crippen LogP) is 5.69. The minimum absolute atomic E-state index is 0.0204. The molecule has 0 aromatic carbocycles. The Morgan fingerprint density at radius 3 is 2.93 bits per heavy atom. The smallest absolute Gasteiger partial charge is 0.301 e. The average Bonchev–Trinajstić information content (AvgIpc) is 3.19. The van der Waals surface area contributed by atoms with E-state index in [4.69, 9.17) is 0 Å². The average molecular weight is 420 g/mol. The number of thiazole rings is 1. The van der Waals surface area contributed by atoms with Gasteiger partial charge in [0.25, 0.3) is 0 Å². The highest BCUT2D eigenvalue weighted by molar-refractivity contribution is 8.01. The first kappa shape index (κ1) is 22.2. The Bertz CT molecular complexity index is 686. The van der Waals surface area contributed by atoms with Gasteiger partial charge < -0.3 is 5.11 Å². The normalized spacial score (nSPS) is 21.1. The fourth-order valence-corrected chi connectivity index (χ4v) is 5.07. The van der Waals surface area contributed by atoms with Crippen LogP contribution in [0.3, 0.4) is 0 Å². The van der Waals surface area contributed by atoms with Crippen molar-refractivity contribution >= 4 is 28.9 Å². The Morgan fingerprint density at radius 2 is 2.26 bits per heavy atom. The van der Waals surface area contributed by atoms with Crippen LogP contribution in [-0.4, -0.2) is 27.7 Å². The van der Waals surface area contributed by atoms with E-state index in [9.17, 15) is 23.1 Å². The van der Waals surface area contributed by atoms with Crippen LogP contribution in [0.25, 0.3) is 0 Å². The number of Topliss-reactive ketones (excluding diaryl/α,β-unsaturated/α-hetero) is 1. The van der Waals surface area contributed by atoms with Crippen molar-refractivity contribution in [2.75, 3.05) is 5.75 Å². The molecule has 0 radical (unpaired) electrons. The molecule has 1 heterocycles. The molecule has 0 aliphatic heterocycles. The molecule has 3 atom stereocenters. The molecule has 3 nitrogen and oxygen atoms in total. The minimum Gasteiger partial charge on any atom is -0.393 e. The lowest BCUT2D eigenvalue weighted by Crippen LogP contribution is -2.14. The number of hydrogen-bond acceptors (Lipinski definition) is 5. The van der Waals surface area contributed by atoms with Gasteiger partial charge in [0.2, 0.25) is 0 Å². The maximum atomic E-state index is 12.7. The molecule has 1 aromatic rings. The maximum Gasteiger partial charge on any atom is 0.301 e. The number of aryl methyl sites for hydroxylation is 1. The third-order valence-electron chi connectivity index (χ3n) is 4.60. The van der Waals surface area contributed by atoms with E-state index in [0.717, 1.165) is 28.6 Å². The number of aliphatic hydroxyl groups is 1. The van der Waals surface area contributed by atoms with E-state index in [1.807, 2.05) is 18.4 Å². The monoisotopic (exact) mass is 419 g/mol. The lowest BCUT2D eigenvalue weighted by Gasteiger charge is -2.14. The molecule has 27 heavy (non-hydrogen) atoms. The third kappa shape index (κ3) is 7.43. The Morgan fingerprint density at radius 1 is 1.48 bits per heavy atom. The van der Waals surface area contributed by atoms with E-state index in [2.05, 4.69) is 4.98 Å². The molecular formula is C19H24F3NO2S2. The topological polar surface area (TPSA) is 50.2 Å². The van der Waals surface area contributed by atoms with Crippen molar-refractivity contribution in [1.82, 2.24) is 4.98 Å². The summed E-state index contributed by atoms with van der Waals surface area (Å²) in [6.45, 7) is 1.95. The molecule has 0 bridgehead atoms. The Hall–Kier alpha value is -1.12. The van der Waals surface area contributed by atoms with Gasteiger partial charge in [0.1, 0.15) is 10.1 Å². The molecule has 150 valence electrons. The van der Waals surface area contributed by atoms with Crippen molar-refractivity contribution in [3.63, 3.8) is 0 Å². The van der Waals surface area contributed by atoms with Gasteiger partial charge in [0, 0.05) is 35.6 Å². The summed E-state index contributed by atoms with van der Waals surface area (Å²) < 4.78 is 37.8. The van der Waals surface area contributed by atoms with Gasteiger partial charge in [-0.3, -0.25) is 4.79 Å².